The quantitative estimate of drug-likeness (QED) is 0.319. The third kappa shape index (κ3) is 5.62. The van der Waals surface area contributed by atoms with Crippen LogP contribution in [0.2, 0.25) is 0 Å². The van der Waals surface area contributed by atoms with Gasteiger partial charge in [-0.1, -0.05) is 85.8 Å². The number of nitrogens with zero attached hydrogens (tertiary/aromatic N) is 2. The van der Waals surface area contributed by atoms with Gasteiger partial charge in [-0.25, -0.2) is 0 Å². The summed E-state index contributed by atoms with van der Waals surface area (Å²) in [5, 5.41) is 10.7. The number of ether oxygens (including phenoxy) is 1. The molecule has 0 N–H and O–H groups in total. The molecule has 2 aliphatic rings. The van der Waals surface area contributed by atoms with Crippen LogP contribution in [0, 0.1) is 5.92 Å². The predicted octanol–water partition coefficient (Wildman–Crippen LogP) is 5.80. The Morgan fingerprint density at radius 3 is 2.36 bits per heavy atom. The monoisotopic (exact) mass is 478 g/mol. The van der Waals surface area contributed by atoms with Gasteiger partial charge >= 0.3 is 0 Å². The summed E-state index contributed by atoms with van der Waals surface area (Å²) in [5.41, 5.74) is 1.67. The molecule has 2 aromatic rings. The second-order valence-corrected chi connectivity index (χ2v) is 11.8. The van der Waals surface area contributed by atoms with Crippen molar-refractivity contribution in [1.29, 1.82) is 0 Å². The third-order valence-electron chi connectivity index (χ3n) is 6.48. The van der Waals surface area contributed by atoms with E-state index in [1.165, 1.54) is 27.6 Å². The Bertz CT molecular complexity index is 936. The van der Waals surface area contributed by atoms with Gasteiger partial charge in [0.05, 0.1) is 18.4 Å². The van der Waals surface area contributed by atoms with Crippen LogP contribution >= 0.6 is 19.7 Å². The number of methoxy groups -OCH3 is 1. The fourth-order valence-corrected chi connectivity index (χ4v) is 8.42. The van der Waals surface area contributed by atoms with Crippen molar-refractivity contribution in [1.82, 2.24) is 5.01 Å². The normalized spacial score (nSPS) is 21.6. The molecule has 3 atom stereocenters. The van der Waals surface area contributed by atoms with Crippen LogP contribution in [-0.4, -0.2) is 48.9 Å². The van der Waals surface area contributed by atoms with Crippen molar-refractivity contribution in [3.8, 4) is 0 Å². The summed E-state index contributed by atoms with van der Waals surface area (Å²) in [7, 11) is 1.20. The maximum Gasteiger partial charge on any atom is 0.0704 e. The van der Waals surface area contributed by atoms with Gasteiger partial charge < -0.3 is 4.74 Å². The van der Waals surface area contributed by atoms with Gasteiger partial charge in [0.2, 0.25) is 0 Å². The first-order chi connectivity index (χ1) is 16.3. The van der Waals surface area contributed by atoms with E-state index in [4.69, 9.17) is 9.84 Å². The van der Waals surface area contributed by atoms with Crippen LogP contribution in [0.25, 0.3) is 0 Å². The molecule has 0 spiro atoms. The summed E-state index contributed by atoms with van der Waals surface area (Å²) in [6.45, 7) is 4.09. The van der Waals surface area contributed by atoms with Crippen LogP contribution in [0.4, 0.5) is 0 Å². The van der Waals surface area contributed by atoms with Gasteiger partial charge in [-0.05, 0) is 49.0 Å². The zero-order valence-corrected chi connectivity index (χ0v) is 21.6. The van der Waals surface area contributed by atoms with Crippen LogP contribution < -0.4 is 10.6 Å². The molecule has 1 heterocycles. The van der Waals surface area contributed by atoms with Gasteiger partial charge in [0.1, 0.15) is 0 Å². The van der Waals surface area contributed by atoms with Gasteiger partial charge in [0, 0.05) is 25.2 Å². The molecule has 3 nitrogen and oxygen atoms in total. The molecule has 1 aliphatic carbocycles. The van der Waals surface area contributed by atoms with Crippen LogP contribution in [0.1, 0.15) is 26.2 Å². The molecule has 5 heteroatoms. The highest BCUT2D eigenvalue weighted by molar-refractivity contribution is 8.02. The van der Waals surface area contributed by atoms with Gasteiger partial charge in [-0.3, -0.25) is 5.01 Å². The number of thioether (sulfide) groups is 1. The second kappa shape index (κ2) is 12.0. The molecule has 33 heavy (non-hydrogen) atoms. The molecule has 1 fully saturated rings. The van der Waals surface area contributed by atoms with Crippen molar-refractivity contribution in [3.05, 3.63) is 83.8 Å². The van der Waals surface area contributed by atoms with Crippen molar-refractivity contribution >= 4 is 36.0 Å². The average molecular weight is 479 g/mol. The lowest BCUT2D eigenvalue weighted by atomic mass is 10.0. The Morgan fingerprint density at radius 2 is 1.79 bits per heavy atom. The Kier molecular flexibility index (Phi) is 8.83. The maximum atomic E-state index is 5.54. The molecule has 1 aliphatic heterocycles. The lowest BCUT2D eigenvalue weighted by Gasteiger charge is -2.33. The van der Waals surface area contributed by atoms with Crippen LogP contribution in [-0.2, 0) is 4.74 Å². The Morgan fingerprint density at radius 1 is 1.12 bits per heavy atom. The van der Waals surface area contributed by atoms with E-state index in [0.29, 0.717) is 11.7 Å². The smallest absolute Gasteiger partial charge is 0.0704 e. The number of hydrogen-bond donors (Lipinski definition) is 0. The van der Waals surface area contributed by atoms with E-state index in [1.807, 2.05) is 11.8 Å². The van der Waals surface area contributed by atoms with Crippen molar-refractivity contribution in [2.45, 2.75) is 37.9 Å². The highest BCUT2D eigenvalue weighted by atomic mass is 32.2. The van der Waals surface area contributed by atoms with E-state index in [-0.39, 0.29) is 5.92 Å². The van der Waals surface area contributed by atoms with Crippen molar-refractivity contribution in [3.63, 3.8) is 0 Å². The topological polar surface area (TPSA) is 24.8 Å². The minimum Gasteiger partial charge on any atom is -0.382 e. The van der Waals surface area contributed by atoms with Crippen LogP contribution in [0.3, 0.4) is 0 Å². The summed E-state index contributed by atoms with van der Waals surface area (Å²) in [6.07, 6.45) is 12.4. The van der Waals surface area contributed by atoms with E-state index >= 15 is 0 Å². The lowest BCUT2D eigenvalue weighted by molar-refractivity contribution is 0.117. The minimum atomic E-state index is -0.595. The molecule has 2 aromatic carbocycles. The van der Waals surface area contributed by atoms with Crippen molar-refractivity contribution < 1.29 is 4.74 Å². The fourth-order valence-electron chi connectivity index (χ4n) is 4.91. The predicted molar refractivity (Wildman–Crippen MR) is 146 cm³/mol. The summed E-state index contributed by atoms with van der Waals surface area (Å²) in [5.74, 6) is 0.256. The summed E-state index contributed by atoms with van der Waals surface area (Å²) in [6, 6.07) is 22.5. The Hall–Kier alpha value is -1.87. The summed E-state index contributed by atoms with van der Waals surface area (Å²) in [4.78, 5) is 1.39. The van der Waals surface area contributed by atoms with E-state index in [1.54, 1.807) is 7.11 Å². The molecule has 0 radical (unpaired) electrons. The first kappa shape index (κ1) is 24.3. The van der Waals surface area contributed by atoms with E-state index in [9.17, 15) is 0 Å². The molecule has 0 bridgehead atoms. The Labute approximate surface area is 204 Å². The van der Waals surface area contributed by atoms with E-state index in [2.05, 4.69) is 97.1 Å². The fraction of sp³-hybridized carbons (Fsp3) is 0.393. The molecule has 1 unspecified atom stereocenters. The minimum absolute atomic E-state index is 0.256. The van der Waals surface area contributed by atoms with Gasteiger partial charge in [-0.15, -0.1) is 11.8 Å². The summed E-state index contributed by atoms with van der Waals surface area (Å²) < 4.78 is 5.54. The Balaban J connectivity index is 1.81. The largest absolute Gasteiger partial charge is 0.382 e. The molecule has 0 saturated carbocycles. The first-order valence-electron chi connectivity index (χ1n) is 11.9. The van der Waals surface area contributed by atoms with Crippen molar-refractivity contribution in [2.75, 3.05) is 26.5 Å². The second-order valence-electron chi connectivity index (χ2n) is 8.54. The number of rotatable bonds is 10. The standard InChI is InChI=1S/C28H35N2OPS/c1-4-26(32(23-14-7-5-8-15-23)24-16-9-6-10-17-24)28(25-18-11-19-27(25)33-3)29-30-20-12-13-22(30)21-31-2/h5-11,14-19,22,25-26H,4,12-13,20-21H2,1-3H3/b29-28+/t22-,25?,26+/m0/s1. The third-order valence-corrected chi connectivity index (χ3v) is 10.3. The first-order valence-corrected chi connectivity index (χ1v) is 14.6. The number of benzene rings is 2. The number of allylic oxidation sites excluding steroid dienone is 4. The van der Waals surface area contributed by atoms with Gasteiger partial charge in [-0.2, -0.15) is 5.10 Å². The zero-order chi connectivity index (χ0) is 23.0. The van der Waals surface area contributed by atoms with Gasteiger partial charge in [0.25, 0.3) is 0 Å². The zero-order valence-electron chi connectivity index (χ0n) is 19.9. The molecule has 0 amide bonds. The van der Waals surface area contributed by atoms with Crippen LogP contribution in [0.15, 0.2) is 88.9 Å². The SMILES string of the molecule is CC[C@H](/C(=N/N1CCC[C@H]1COC)C1C=CC=C1SC)P(c1ccccc1)c1ccccc1. The molecular formula is C28H35N2OPS. The van der Waals surface area contributed by atoms with Crippen LogP contribution in [0.5, 0.6) is 0 Å². The number of hydrazone groups is 1. The molecular weight excluding hydrogens is 443 g/mol. The molecule has 0 aromatic heterocycles. The number of hydrogen-bond acceptors (Lipinski definition) is 4. The van der Waals surface area contributed by atoms with Gasteiger partial charge in [0.15, 0.2) is 0 Å². The highest BCUT2D eigenvalue weighted by Crippen LogP contribution is 2.45. The molecule has 174 valence electrons. The molecule has 4 rings (SSSR count). The lowest BCUT2D eigenvalue weighted by Crippen LogP contribution is -2.36. The van der Waals surface area contributed by atoms with E-state index in [0.717, 1.165) is 26.0 Å². The average Bonchev–Trinajstić information content (AvgIpc) is 3.52. The molecule has 1 saturated heterocycles. The van der Waals surface area contributed by atoms with Crippen molar-refractivity contribution in [2.24, 2.45) is 11.0 Å². The van der Waals surface area contributed by atoms with E-state index < -0.39 is 7.92 Å². The highest BCUT2D eigenvalue weighted by Gasteiger charge is 2.35. The summed E-state index contributed by atoms with van der Waals surface area (Å²) >= 11 is 1.85. The maximum absolute atomic E-state index is 5.54.